The van der Waals surface area contributed by atoms with Crippen molar-refractivity contribution in [1.82, 2.24) is 9.97 Å². The van der Waals surface area contributed by atoms with Crippen LogP contribution in [0.25, 0.3) is 10.9 Å². The van der Waals surface area contributed by atoms with Crippen LogP contribution < -0.4 is 5.32 Å². The van der Waals surface area contributed by atoms with E-state index >= 15 is 0 Å². The highest BCUT2D eigenvalue weighted by Gasteiger charge is 2.01. The molecule has 0 aliphatic heterocycles. The van der Waals surface area contributed by atoms with Gasteiger partial charge >= 0.3 is 0 Å². The van der Waals surface area contributed by atoms with E-state index in [1.54, 1.807) is 6.20 Å². The molecule has 0 saturated carbocycles. The summed E-state index contributed by atoms with van der Waals surface area (Å²) in [6, 6.07) is 15.4. The van der Waals surface area contributed by atoms with E-state index in [2.05, 4.69) is 15.3 Å². The largest absolute Gasteiger partial charge is 0.324 e. The molecule has 18 heavy (non-hydrogen) atoms. The molecule has 0 amide bonds. The predicted octanol–water partition coefficient (Wildman–Crippen LogP) is 4.03. The van der Waals surface area contributed by atoms with Crippen molar-refractivity contribution in [3.63, 3.8) is 0 Å². The molecule has 0 radical (unpaired) electrons. The number of hydrogen-bond donors (Lipinski definition) is 1. The van der Waals surface area contributed by atoms with Gasteiger partial charge in [-0.2, -0.15) is 0 Å². The van der Waals surface area contributed by atoms with Gasteiger partial charge in [0.2, 0.25) is 5.95 Å². The van der Waals surface area contributed by atoms with Crippen LogP contribution in [0.3, 0.4) is 0 Å². The summed E-state index contributed by atoms with van der Waals surface area (Å²) in [7, 11) is 0. The second-order valence-corrected chi connectivity index (χ2v) is 4.32. The third kappa shape index (κ3) is 2.26. The number of aromatic nitrogens is 2. The van der Waals surface area contributed by atoms with Crippen LogP contribution in [0.2, 0.25) is 5.02 Å². The van der Waals surface area contributed by atoms with Gasteiger partial charge in [-0.25, -0.2) is 9.97 Å². The van der Waals surface area contributed by atoms with Gasteiger partial charge in [-0.1, -0.05) is 29.8 Å². The van der Waals surface area contributed by atoms with Crippen LogP contribution in [-0.2, 0) is 0 Å². The standard InChI is InChI=1S/C14H10ClN3/c15-11-7-6-10-9-16-14(18-13(10)8-11)17-12-4-2-1-3-5-12/h1-9H,(H,16,17,18). The molecule has 1 heterocycles. The topological polar surface area (TPSA) is 37.8 Å². The Balaban J connectivity index is 1.98. The molecule has 0 bridgehead atoms. The summed E-state index contributed by atoms with van der Waals surface area (Å²) in [5.74, 6) is 0.566. The molecule has 3 nitrogen and oxygen atoms in total. The van der Waals surface area contributed by atoms with Crippen LogP contribution in [0.15, 0.2) is 54.7 Å². The molecule has 4 heteroatoms. The quantitative estimate of drug-likeness (QED) is 0.751. The number of halogens is 1. The Morgan fingerprint density at radius 1 is 1.00 bits per heavy atom. The van der Waals surface area contributed by atoms with Crippen LogP contribution >= 0.6 is 11.6 Å². The zero-order valence-electron chi connectivity index (χ0n) is 9.47. The Kier molecular flexibility index (Phi) is 2.82. The zero-order valence-corrected chi connectivity index (χ0v) is 10.2. The van der Waals surface area contributed by atoms with Crippen molar-refractivity contribution in [3.8, 4) is 0 Å². The van der Waals surface area contributed by atoms with Gasteiger partial charge < -0.3 is 5.32 Å². The van der Waals surface area contributed by atoms with E-state index < -0.39 is 0 Å². The van der Waals surface area contributed by atoms with E-state index in [0.29, 0.717) is 11.0 Å². The first-order valence-electron chi connectivity index (χ1n) is 5.56. The fourth-order valence-electron chi connectivity index (χ4n) is 1.71. The highest BCUT2D eigenvalue weighted by atomic mass is 35.5. The molecular weight excluding hydrogens is 246 g/mol. The smallest absolute Gasteiger partial charge is 0.227 e. The number of para-hydroxylation sites is 1. The molecule has 0 aliphatic carbocycles. The molecule has 0 unspecified atom stereocenters. The minimum absolute atomic E-state index is 0.566. The molecule has 0 fully saturated rings. The Morgan fingerprint density at radius 2 is 1.83 bits per heavy atom. The second-order valence-electron chi connectivity index (χ2n) is 3.89. The lowest BCUT2D eigenvalue weighted by atomic mass is 10.2. The summed E-state index contributed by atoms with van der Waals surface area (Å²) < 4.78 is 0. The summed E-state index contributed by atoms with van der Waals surface area (Å²) in [6.07, 6.45) is 1.78. The summed E-state index contributed by atoms with van der Waals surface area (Å²) in [6.45, 7) is 0. The van der Waals surface area contributed by atoms with Gasteiger partial charge in [0, 0.05) is 22.3 Å². The van der Waals surface area contributed by atoms with Crippen LogP contribution in [0.1, 0.15) is 0 Å². The molecule has 2 aromatic carbocycles. The lowest BCUT2D eigenvalue weighted by Crippen LogP contribution is -1.96. The van der Waals surface area contributed by atoms with Gasteiger partial charge in [0.1, 0.15) is 0 Å². The van der Waals surface area contributed by atoms with Crippen molar-refractivity contribution >= 4 is 34.1 Å². The average molecular weight is 256 g/mol. The van der Waals surface area contributed by atoms with Crippen LogP contribution in [0, 0.1) is 0 Å². The van der Waals surface area contributed by atoms with Crippen LogP contribution in [-0.4, -0.2) is 9.97 Å². The maximum Gasteiger partial charge on any atom is 0.227 e. The summed E-state index contributed by atoms with van der Waals surface area (Å²) >= 11 is 5.95. The number of anilines is 2. The third-order valence-corrected chi connectivity index (χ3v) is 2.81. The minimum atomic E-state index is 0.566. The number of nitrogens with zero attached hydrogens (tertiary/aromatic N) is 2. The molecule has 0 atom stereocenters. The van der Waals surface area contributed by atoms with Crippen molar-refractivity contribution in [1.29, 1.82) is 0 Å². The summed E-state index contributed by atoms with van der Waals surface area (Å²) in [5, 5.41) is 4.79. The van der Waals surface area contributed by atoms with Crippen molar-refractivity contribution in [2.75, 3.05) is 5.32 Å². The first-order chi connectivity index (χ1) is 8.81. The van der Waals surface area contributed by atoms with Gasteiger partial charge in [-0.05, 0) is 30.3 Å². The van der Waals surface area contributed by atoms with Gasteiger partial charge in [-0.15, -0.1) is 0 Å². The maximum absolute atomic E-state index is 5.95. The SMILES string of the molecule is Clc1ccc2cnc(Nc3ccccc3)nc2c1. The van der Waals surface area contributed by atoms with E-state index in [-0.39, 0.29) is 0 Å². The molecular formula is C14H10ClN3. The Morgan fingerprint density at radius 3 is 2.67 bits per heavy atom. The molecule has 0 spiro atoms. The number of fused-ring (bicyclic) bond motifs is 1. The summed E-state index contributed by atoms with van der Waals surface area (Å²) in [5.41, 5.74) is 1.79. The van der Waals surface area contributed by atoms with Gasteiger partial charge in [0.05, 0.1) is 5.52 Å². The number of rotatable bonds is 2. The van der Waals surface area contributed by atoms with Crippen molar-refractivity contribution < 1.29 is 0 Å². The van der Waals surface area contributed by atoms with Crippen LogP contribution in [0.5, 0.6) is 0 Å². The Bertz CT molecular complexity index is 683. The van der Waals surface area contributed by atoms with E-state index in [9.17, 15) is 0 Å². The fraction of sp³-hybridized carbons (Fsp3) is 0. The van der Waals surface area contributed by atoms with Gasteiger partial charge in [-0.3, -0.25) is 0 Å². The maximum atomic E-state index is 5.95. The highest BCUT2D eigenvalue weighted by molar-refractivity contribution is 6.31. The zero-order chi connectivity index (χ0) is 12.4. The van der Waals surface area contributed by atoms with Gasteiger partial charge in [0.25, 0.3) is 0 Å². The molecule has 3 rings (SSSR count). The van der Waals surface area contributed by atoms with Crippen molar-refractivity contribution in [2.24, 2.45) is 0 Å². The summed E-state index contributed by atoms with van der Waals surface area (Å²) in [4.78, 5) is 8.69. The molecule has 0 saturated heterocycles. The van der Waals surface area contributed by atoms with Crippen molar-refractivity contribution in [2.45, 2.75) is 0 Å². The second kappa shape index (κ2) is 4.63. The number of hydrogen-bond acceptors (Lipinski definition) is 3. The van der Waals surface area contributed by atoms with E-state index in [4.69, 9.17) is 11.6 Å². The number of benzene rings is 2. The van der Waals surface area contributed by atoms with E-state index in [1.165, 1.54) is 0 Å². The first-order valence-corrected chi connectivity index (χ1v) is 5.93. The monoisotopic (exact) mass is 255 g/mol. The Hall–Kier alpha value is -2.13. The highest BCUT2D eigenvalue weighted by Crippen LogP contribution is 2.19. The van der Waals surface area contributed by atoms with E-state index in [0.717, 1.165) is 16.6 Å². The van der Waals surface area contributed by atoms with Crippen molar-refractivity contribution in [3.05, 3.63) is 59.8 Å². The lowest BCUT2D eigenvalue weighted by Gasteiger charge is -2.05. The molecule has 1 N–H and O–H groups in total. The molecule has 0 aliphatic rings. The Labute approximate surface area is 109 Å². The molecule has 88 valence electrons. The number of nitrogens with one attached hydrogen (secondary N) is 1. The lowest BCUT2D eigenvalue weighted by molar-refractivity contribution is 1.21. The normalized spacial score (nSPS) is 10.5. The average Bonchev–Trinajstić information content (AvgIpc) is 2.39. The predicted molar refractivity (Wildman–Crippen MR) is 74.3 cm³/mol. The molecule has 3 aromatic rings. The third-order valence-electron chi connectivity index (χ3n) is 2.57. The van der Waals surface area contributed by atoms with E-state index in [1.807, 2.05) is 48.5 Å². The molecule has 1 aromatic heterocycles. The minimum Gasteiger partial charge on any atom is -0.324 e. The first kappa shape index (κ1) is 11.0. The fourth-order valence-corrected chi connectivity index (χ4v) is 1.87. The van der Waals surface area contributed by atoms with Crippen LogP contribution in [0.4, 0.5) is 11.6 Å². The van der Waals surface area contributed by atoms with Gasteiger partial charge in [0.15, 0.2) is 0 Å².